The topological polar surface area (TPSA) is 29.1 Å². The number of nitrogens with one attached hydrogen (secondary N) is 1. The van der Waals surface area contributed by atoms with E-state index in [0.717, 1.165) is 10.0 Å². The van der Waals surface area contributed by atoms with Gasteiger partial charge >= 0.3 is 0 Å². The van der Waals surface area contributed by atoms with E-state index in [-0.39, 0.29) is 17.7 Å². The van der Waals surface area contributed by atoms with Crippen LogP contribution in [0, 0.1) is 11.3 Å². The third-order valence-corrected chi connectivity index (χ3v) is 4.83. The first-order valence-electron chi connectivity index (χ1n) is 6.10. The van der Waals surface area contributed by atoms with Crippen LogP contribution in [0.25, 0.3) is 0 Å². The van der Waals surface area contributed by atoms with Crippen molar-refractivity contribution in [3.8, 4) is 0 Å². The molecule has 4 heteroatoms. The van der Waals surface area contributed by atoms with Gasteiger partial charge in [0.05, 0.1) is 12.1 Å². The van der Waals surface area contributed by atoms with E-state index in [1.807, 2.05) is 38.1 Å². The summed E-state index contributed by atoms with van der Waals surface area (Å²) in [5.74, 6) is -0.293. The number of rotatable bonds is 3. The van der Waals surface area contributed by atoms with Gasteiger partial charge in [0.25, 0.3) is 0 Å². The van der Waals surface area contributed by atoms with Crippen LogP contribution in [0.5, 0.6) is 0 Å². The van der Waals surface area contributed by atoms with Crippen molar-refractivity contribution in [2.75, 3.05) is 13.2 Å². The molecule has 0 bridgehead atoms. The number of hydrogen-bond donors (Lipinski definition) is 1. The molecule has 0 radical (unpaired) electrons. The van der Waals surface area contributed by atoms with Crippen LogP contribution in [0.15, 0.2) is 28.7 Å². The van der Waals surface area contributed by atoms with Gasteiger partial charge in [0.15, 0.2) is 0 Å². The Morgan fingerprint density at radius 2 is 2.11 bits per heavy atom. The summed E-state index contributed by atoms with van der Waals surface area (Å²) in [6.45, 7) is 3.84. The fourth-order valence-corrected chi connectivity index (χ4v) is 2.93. The lowest BCUT2D eigenvalue weighted by atomic mass is 9.68. The van der Waals surface area contributed by atoms with Crippen LogP contribution in [0.2, 0.25) is 0 Å². The highest BCUT2D eigenvalue weighted by Gasteiger charge is 2.50. The Kier molecular flexibility index (Phi) is 3.76. The van der Waals surface area contributed by atoms with Crippen molar-refractivity contribution in [1.82, 2.24) is 5.32 Å². The van der Waals surface area contributed by atoms with Crippen LogP contribution >= 0.6 is 15.9 Å². The van der Waals surface area contributed by atoms with E-state index in [0.29, 0.717) is 6.54 Å². The molecule has 0 aliphatic carbocycles. The highest BCUT2D eigenvalue weighted by atomic mass is 79.9. The molecule has 1 N–H and O–H groups in total. The zero-order chi connectivity index (χ0) is 13.3. The Bertz CT molecular complexity index is 448. The molecule has 3 atom stereocenters. The summed E-state index contributed by atoms with van der Waals surface area (Å²) in [7, 11) is 0. The van der Waals surface area contributed by atoms with Gasteiger partial charge in [0.1, 0.15) is 0 Å². The van der Waals surface area contributed by atoms with Gasteiger partial charge in [-0.15, -0.1) is 0 Å². The van der Waals surface area contributed by atoms with E-state index in [4.69, 9.17) is 0 Å². The molecule has 1 aliphatic rings. The summed E-state index contributed by atoms with van der Waals surface area (Å²) >= 11 is 3.39. The molecular formula is C14H17BrFNO. The van der Waals surface area contributed by atoms with E-state index in [1.165, 1.54) is 0 Å². The quantitative estimate of drug-likeness (QED) is 0.911. The second-order valence-corrected chi connectivity index (χ2v) is 6.03. The summed E-state index contributed by atoms with van der Waals surface area (Å²) in [6, 6.07) is 7.88. The summed E-state index contributed by atoms with van der Waals surface area (Å²) < 4.78 is 14.1. The molecule has 2 nitrogen and oxygen atoms in total. The standard InChI is InChI=1S/C14H17BrFNO/c1-9(10-3-5-12(15)6-4-10)14(2)11(7-16)8-17-13(14)18/h3-6,9,11H,7-8H2,1-2H3,(H,17,18)/t9-,11+,14-/m1/s1. The van der Waals surface area contributed by atoms with Crippen LogP contribution < -0.4 is 5.32 Å². The molecule has 1 aromatic rings. The van der Waals surface area contributed by atoms with E-state index >= 15 is 0 Å². The molecule has 1 saturated heterocycles. The minimum Gasteiger partial charge on any atom is -0.355 e. The van der Waals surface area contributed by atoms with Gasteiger partial charge in [-0.1, -0.05) is 35.0 Å². The van der Waals surface area contributed by atoms with Gasteiger partial charge in [-0.2, -0.15) is 0 Å². The molecule has 1 heterocycles. The molecule has 0 aromatic heterocycles. The number of alkyl halides is 1. The Morgan fingerprint density at radius 1 is 1.50 bits per heavy atom. The number of halogens is 2. The summed E-state index contributed by atoms with van der Waals surface area (Å²) in [6.07, 6.45) is 0. The van der Waals surface area contributed by atoms with Crippen molar-refractivity contribution in [1.29, 1.82) is 0 Å². The molecule has 98 valence electrons. The van der Waals surface area contributed by atoms with E-state index in [2.05, 4.69) is 21.2 Å². The van der Waals surface area contributed by atoms with Crippen LogP contribution in [-0.4, -0.2) is 19.1 Å². The van der Waals surface area contributed by atoms with Gasteiger partial charge < -0.3 is 5.32 Å². The average Bonchev–Trinajstić information content (AvgIpc) is 2.67. The molecule has 1 amide bonds. The Balaban J connectivity index is 2.33. The highest BCUT2D eigenvalue weighted by Crippen LogP contribution is 2.45. The van der Waals surface area contributed by atoms with Gasteiger partial charge in [-0.3, -0.25) is 9.18 Å². The van der Waals surface area contributed by atoms with E-state index in [1.54, 1.807) is 0 Å². The number of hydrogen-bond acceptors (Lipinski definition) is 1. The van der Waals surface area contributed by atoms with Gasteiger partial charge in [0.2, 0.25) is 5.91 Å². The molecule has 0 saturated carbocycles. The number of carbonyl (C=O) groups is 1. The number of carbonyl (C=O) groups excluding carboxylic acids is 1. The average molecular weight is 314 g/mol. The first-order valence-corrected chi connectivity index (χ1v) is 6.89. The SMILES string of the molecule is C[C@H](c1ccc(Br)cc1)[C@@]1(C)C(=O)NC[C@@H]1CF. The minimum absolute atomic E-state index is 0.00569. The Hall–Kier alpha value is -0.900. The minimum atomic E-state index is -0.664. The van der Waals surface area contributed by atoms with Gasteiger partial charge in [-0.25, -0.2) is 0 Å². The second kappa shape index (κ2) is 5.00. The molecule has 2 rings (SSSR count). The largest absolute Gasteiger partial charge is 0.355 e. The van der Waals surface area contributed by atoms with Gasteiger partial charge in [0, 0.05) is 16.9 Å². The Labute approximate surface area is 115 Å². The smallest absolute Gasteiger partial charge is 0.227 e. The summed E-state index contributed by atoms with van der Waals surface area (Å²) in [5.41, 5.74) is 0.402. The predicted octanol–water partition coefficient (Wildman–Crippen LogP) is 3.27. The summed E-state index contributed by atoms with van der Waals surface area (Å²) in [4.78, 5) is 12.1. The zero-order valence-electron chi connectivity index (χ0n) is 10.5. The first-order chi connectivity index (χ1) is 8.50. The van der Waals surface area contributed by atoms with Crippen LogP contribution in [0.4, 0.5) is 4.39 Å². The van der Waals surface area contributed by atoms with E-state index < -0.39 is 12.1 Å². The third-order valence-electron chi connectivity index (χ3n) is 4.30. The molecule has 1 aromatic carbocycles. The van der Waals surface area contributed by atoms with Crippen molar-refractivity contribution in [3.05, 3.63) is 34.3 Å². The zero-order valence-corrected chi connectivity index (χ0v) is 12.1. The maximum atomic E-state index is 13.1. The van der Waals surface area contributed by atoms with Crippen molar-refractivity contribution in [2.45, 2.75) is 19.8 Å². The number of benzene rings is 1. The van der Waals surface area contributed by atoms with Crippen molar-refractivity contribution < 1.29 is 9.18 Å². The first kappa shape index (κ1) is 13.5. The summed E-state index contributed by atoms with van der Waals surface area (Å²) in [5, 5.41) is 2.78. The lowest BCUT2D eigenvalue weighted by Gasteiger charge is -2.33. The normalized spacial score (nSPS) is 29.1. The van der Waals surface area contributed by atoms with Crippen LogP contribution in [-0.2, 0) is 4.79 Å². The van der Waals surface area contributed by atoms with Crippen LogP contribution in [0.3, 0.4) is 0 Å². The lowest BCUT2D eigenvalue weighted by Crippen LogP contribution is -2.37. The molecule has 0 unspecified atom stereocenters. The molecule has 1 fully saturated rings. The van der Waals surface area contributed by atoms with Gasteiger partial charge in [-0.05, 0) is 30.5 Å². The molecule has 1 aliphatic heterocycles. The highest BCUT2D eigenvalue weighted by molar-refractivity contribution is 9.10. The maximum Gasteiger partial charge on any atom is 0.227 e. The van der Waals surface area contributed by atoms with Crippen LogP contribution in [0.1, 0.15) is 25.3 Å². The molecule has 18 heavy (non-hydrogen) atoms. The third kappa shape index (κ3) is 2.07. The number of amides is 1. The lowest BCUT2D eigenvalue weighted by molar-refractivity contribution is -0.129. The predicted molar refractivity (Wildman–Crippen MR) is 73.1 cm³/mol. The monoisotopic (exact) mass is 313 g/mol. The second-order valence-electron chi connectivity index (χ2n) is 5.12. The van der Waals surface area contributed by atoms with Crippen molar-refractivity contribution in [2.24, 2.45) is 11.3 Å². The van der Waals surface area contributed by atoms with Crippen molar-refractivity contribution in [3.63, 3.8) is 0 Å². The molecular weight excluding hydrogens is 297 g/mol. The maximum absolute atomic E-state index is 13.1. The van der Waals surface area contributed by atoms with Crippen molar-refractivity contribution >= 4 is 21.8 Å². The fourth-order valence-electron chi connectivity index (χ4n) is 2.67. The van der Waals surface area contributed by atoms with E-state index in [9.17, 15) is 9.18 Å². The fraction of sp³-hybridized carbons (Fsp3) is 0.500. The Morgan fingerprint density at radius 3 is 2.67 bits per heavy atom. The molecule has 0 spiro atoms.